The molecule has 0 aliphatic rings. The van der Waals surface area contributed by atoms with Gasteiger partial charge in [-0.3, -0.25) is 0 Å². The Morgan fingerprint density at radius 3 is 2.63 bits per heavy atom. The van der Waals surface area contributed by atoms with Crippen LogP contribution in [0.1, 0.15) is 11.1 Å². The van der Waals surface area contributed by atoms with Crippen molar-refractivity contribution in [3.8, 4) is 11.5 Å². The number of phenolic OH excluding ortho intramolecular Hbond substituents is 1. The second-order valence-electron chi connectivity index (χ2n) is 4.20. The van der Waals surface area contributed by atoms with Gasteiger partial charge in [0, 0.05) is 18.7 Å². The van der Waals surface area contributed by atoms with E-state index in [9.17, 15) is 5.11 Å². The van der Waals surface area contributed by atoms with Crippen molar-refractivity contribution in [1.82, 2.24) is 5.32 Å². The average Bonchev–Trinajstić information content (AvgIpc) is 2.41. The molecular formula is C15H16ClNO2. The molecule has 0 bridgehead atoms. The molecule has 2 N–H and O–H groups in total. The van der Waals surface area contributed by atoms with Crippen LogP contribution in [0.2, 0.25) is 5.02 Å². The first-order chi connectivity index (χ1) is 9.20. The summed E-state index contributed by atoms with van der Waals surface area (Å²) in [5.41, 5.74) is 1.95. The monoisotopic (exact) mass is 277 g/mol. The van der Waals surface area contributed by atoms with Crippen LogP contribution >= 0.6 is 11.6 Å². The quantitative estimate of drug-likeness (QED) is 0.881. The van der Waals surface area contributed by atoms with Crippen LogP contribution in [0.15, 0.2) is 42.5 Å². The van der Waals surface area contributed by atoms with E-state index in [-0.39, 0.29) is 0 Å². The Hall–Kier alpha value is -1.71. The van der Waals surface area contributed by atoms with Crippen LogP contribution in [0.3, 0.4) is 0 Å². The topological polar surface area (TPSA) is 41.5 Å². The van der Waals surface area contributed by atoms with E-state index in [0.717, 1.165) is 11.1 Å². The molecule has 0 atom stereocenters. The highest BCUT2D eigenvalue weighted by atomic mass is 35.5. The van der Waals surface area contributed by atoms with Gasteiger partial charge in [0.1, 0.15) is 11.5 Å². The molecule has 0 aliphatic carbocycles. The number of aromatic hydroxyl groups is 1. The summed E-state index contributed by atoms with van der Waals surface area (Å²) in [5, 5.41) is 13.5. The lowest BCUT2D eigenvalue weighted by Gasteiger charge is -2.08. The largest absolute Gasteiger partial charge is 0.508 e. The molecule has 0 saturated heterocycles. The second-order valence-corrected chi connectivity index (χ2v) is 4.61. The van der Waals surface area contributed by atoms with Crippen molar-refractivity contribution in [2.75, 3.05) is 7.11 Å². The minimum Gasteiger partial charge on any atom is -0.508 e. The molecule has 2 rings (SSSR count). The van der Waals surface area contributed by atoms with Crippen molar-refractivity contribution in [3.05, 3.63) is 58.6 Å². The number of benzene rings is 2. The Labute approximate surface area is 117 Å². The molecule has 2 aromatic carbocycles. The molecule has 0 radical (unpaired) electrons. The van der Waals surface area contributed by atoms with E-state index in [2.05, 4.69) is 5.32 Å². The minimum absolute atomic E-state index is 0.308. The van der Waals surface area contributed by atoms with Gasteiger partial charge in [-0.05, 0) is 23.8 Å². The van der Waals surface area contributed by atoms with Crippen molar-refractivity contribution in [3.63, 3.8) is 0 Å². The zero-order valence-electron chi connectivity index (χ0n) is 10.7. The molecular weight excluding hydrogens is 262 g/mol. The summed E-state index contributed by atoms with van der Waals surface area (Å²) in [6, 6.07) is 13.0. The van der Waals surface area contributed by atoms with Crippen LogP contribution in [0.25, 0.3) is 0 Å². The van der Waals surface area contributed by atoms with Gasteiger partial charge in [0.15, 0.2) is 0 Å². The standard InChI is InChI=1S/C15H16ClNO2/c1-19-15-7-6-11(8-13(15)16)9-17-10-12-4-2-3-5-14(12)18/h2-8,17-18H,9-10H2,1H3. The number of ether oxygens (including phenoxy) is 1. The maximum absolute atomic E-state index is 9.64. The van der Waals surface area contributed by atoms with Crippen molar-refractivity contribution in [2.45, 2.75) is 13.1 Å². The summed E-state index contributed by atoms with van der Waals surface area (Å²) >= 11 is 6.06. The number of methoxy groups -OCH3 is 1. The minimum atomic E-state index is 0.308. The van der Waals surface area contributed by atoms with Crippen LogP contribution in [-0.4, -0.2) is 12.2 Å². The van der Waals surface area contributed by atoms with Crippen LogP contribution in [-0.2, 0) is 13.1 Å². The molecule has 3 nitrogen and oxygen atoms in total. The molecule has 100 valence electrons. The predicted molar refractivity (Wildman–Crippen MR) is 76.7 cm³/mol. The number of nitrogens with one attached hydrogen (secondary N) is 1. The molecule has 0 fully saturated rings. The van der Waals surface area contributed by atoms with E-state index in [1.807, 2.05) is 36.4 Å². The van der Waals surface area contributed by atoms with Gasteiger partial charge in [-0.2, -0.15) is 0 Å². The van der Waals surface area contributed by atoms with Gasteiger partial charge in [0.25, 0.3) is 0 Å². The molecule has 0 spiro atoms. The van der Waals surface area contributed by atoms with Gasteiger partial charge in [-0.25, -0.2) is 0 Å². The number of para-hydroxylation sites is 1. The average molecular weight is 278 g/mol. The summed E-state index contributed by atoms with van der Waals surface area (Å²) in [7, 11) is 1.59. The van der Waals surface area contributed by atoms with Gasteiger partial charge in [-0.1, -0.05) is 35.9 Å². The first-order valence-electron chi connectivity index (χ1n) is 6.00. The van der Waals surface area contributed by atoms with Crippen molar-refractivity contribution in [1.29, 1.82) is 0 Å². The lowest BCUT2D eigenvalue weighted by atomic mass is 10.2. The van der Waals surface area contributed by atoms with E-state index in [1.54, 1.807) is 13.2 Å². The third-order valence-electron chi connectivity index (χ3n) is 2.85. The number of phenols is 1. The highest BCUT2D eigenvalue weighted by Crippen LogP contribution is 2.24. The highest BCUT2D eigenvalue weighted by molar-refractivity contribution is 6.32. The SMILES string of the molecule is COc1ccc(CNCc2ccccc2O)cc1Cl. The van der Waals surface area contributed by atoms with Gasteiger partial charge in [0.05, 0.1) is 12.1 Å². The fraction of sp³-hybridized carbons (Fsp3) is 0.200. The maximum Gasteiger partial charge on any atom is 0.137 e. The van der Waals surface area contributed by atoms with Crippen LogP contribution in [0.5, 0.6) is 11.5 Å². The number of hydrogen-bond acceptors (Lipinski definition) is 3. The molecule has 19 heavy (non-hydrogen) atoms. The van der Waals surface area contributed by atoms with Crippen molar-refractivity contribution < 1.29 is 9.84 Å². The van der Waals surface area contributed by atoms with Crippen molar-refractivity contribution in [2.24, 2.45) is 0 Å². The molecule has 4 heteroatoms. The molecule has 0 amide bonds. The summed E-state index contributed by atoms with van der Waals surface area (Å²) < 4.78 is 5.10. The summed E-state index contributed by atoms with van der Waals surface area (Å²) in [5.74, 6) is 0.980. The maximum atomic E-state index is 9.64. The molecule has 0 aliphatic heterocycles. The first kappa shape index (κ1) is 13.7. The van der Waals surface area contributed by atoms with Gasteiger partial charge >= 0.3 is 0 Å². The lowest BCUT2D eigenvalue weighted by molar-refractivity contribution is 0.415. The van der Waals surface area contributed by atoms with E-state index in [4.69, 9.17) is 16.3 Å². The Morgan fingerprint density at radius 1 is 1.16 bits per heavy atom. The van der Waals surface area contributed by atoms with Crippen molar-refractivity contribution >= 4 is 11.6 Å². The number of rotatable bonds is 5. The summed E-state index contributed by atoms with van der Waals surface area (Å²) in [6.07, 6.45) is 0. The Balaban J connectivity index is 1.93. The van der Waals surface area contributed by atoms with E-state index in [1.165, 1.54) is 0 Å². The Bertz CT molecular complexity index is 558. The highest BCUT2D eigenvalue weighted by Gasteiger charge is 2.02. The molecule has 0 saturated carbocycles. The molecule has 0 aromatic heterocycles. The molecule has 0 heterocycles. The Kier molecular flexibility index (Phi) is 4.66. The third-order valence-corrected chi connectivity index (χ3v) is 3.15. The number of hydrogen-bond donors (Lipinski definition) is 2. The second kappa shape index (κ2) is 6.45. The van der Waals surface area contributed by atoms with Gasteiger partial charge < -0.3 is 15.2 Å². The third kappa shape index (κ3) is 3.63. The normalized spacial score (nSPS) is 10.4. The summed E-state index contributed by atoms with van der Waals surface area (Å²) in [6.45, 7) is 1.29. The first-order valence-corrected chi connectivity index (χ1v) is 6.38. The van der Waals surface area contributed by atoms with Gasteiger partial charge in [0.2, 0.25) is 0 Å². The summed E-state index contributed by atoms with van der Waals surface area (Å²) in [4.78, 5) is 0. The van der Waals surface area contributed by atoms with Crippen LogP contribution in [0, 0.1) is 0 Å². The molecule has 0 unspecified atom stereocenters. The van der Waals surface area contributed by atoms with E-state index < -0.39 is 0 Å². The van der Waals surface area contributed by atoms with Crippen LogP contribution in [0.4, 0.5) is 0 Å². The number of halogens is 1. The van der Waals surface area contributed by atoms with E-state index in [0.29, 0.717) is 29.6 Å². The van der Waals surface area contributed by atoms with Gasteiger partial charge in [-0.15, -0.1) is 0 Å². The zero-order valence-corrected chi connectivity index (χ0v) is 11.4. The fourth-order valence-corrected chi connectivity index (χ4v) is 2.10. The smallest absolute Gasteiger partial charge is 0.137 e. The van der Waals surface area contributed by atoms with E-state index >= 15 is 0 Å². The van der Waals surface area contributed by atoms with Crippen LogP contribution < -0.4 is 10.1 Å². The lowest BCUT2D eigenvalue weighted by Crippen LogP contribution is -2.12. The predicted octanol–water partition coefficient (Wildman–Crippen LogP) is 3.34. The molecule has 2 aromatic rings. The zero-order chi connectivity index (χ0) is 13.7. The Morgan fingerprint density at radius 2 is 1.95 bits per heavy atom. The fourth-order valence-electron chi connectivity index (χ4n) is 1.82.